The molecule has 0 spiro atoms. The van der Waals surface area contributed by atoms with Crippen molar-refractivity contribution in [3.8, 4) is 0 Å². The van der Waals surface area contributed by atoms with Crippen LogP contribution in [0.3, 0.4) is 0 Å². The molecule has 1 atom stereocenters. The van der Waals surface area contributed by atoms with Crippen LogP contribution in [0.25, 0.3) is 0 Å². The molecule has 0 bridgehead atoms. The van der Waals surface area contributed by atoms with E-state index < -0.39 is 0 Å². The molecule has 1 amide bonds. The number of amides is 1. The normalized spacial score (nSPS) is 24.6. The Bertz CT molecular complexity index is 408. The highest BCUT2D eigenvalue weighted by molar-refractivity contribution is 9.13. The topological polar surface area (TPSA) is 38.3 Å². The molecule has 1 aliphatic rings. The summed E-state index contributed by atoms with van der Waals surface area (Å²) in [6.45, 7) is 3.41. The van der Waals surface area contributed by atoms with E-state index in [9.17, 15) is 4.79 Å². The fourth-order valence-corrected chi connectivity index (χ4v) is 3.76. The van der Waals surface area contributed by atoms with Gasteiger partial charge in [0, 0.05) is 11.1 Å². The van der Waals surface area contributed by atoms with E-state index in [1.54, 1.807) is 0 Å². The van der Waals surface area contributed by atoms with Crippen LogP contribution in [-0.2, 0) is 4.74 Å². The standard InChI is InChI=1S/C11H13Br2NO2S/c1-11(3-2-4-16-6-11)14-10(15)8-5-7(12)9(13)17-8/h5H,2-4,6H2,1H3,(H,14,15). The summed E-state index contributed by atoms with van der Waals surface area (Å²) in [4.78, 5) is 12.8. The maximum Gasteiger partial charge on any atom is 0.261 e. The van der Waals surface area contributed by atoms with E-state index in [0.717, 1.165) is 27.7 Å². The van der Waals surface area contributed by atoms with Gasteiger partial charge in [-0.05, 0) is 57.7 Å². The van der Waals surface area contributed by atoms with E-state index >= 15 is 0 Å². The number of nitrogens with one attached hydrogen (secondary N) is 1. The Hall–Kier alpha value is 0.0900. The van der Waals surface area contributed by atoms with Gasteiger partial charge in [-0.25, -0.2) is 0 Å². The summed E-state index contributed by atoms with van der Waals surface area (Å²) in [5.74, 6) is -0.0330. The first-order valence-corrected chi connectivity index (χ1v) is 7.75. The molecule has 2 rings (SSSR count). The van der Waals surface area contributed by atoms with Crippen molar-refractivity contribution < 1.29 is 9.53 Å². The maximum absolute atomic E-state index is 12.1. The van der Waals surface area contributed by atoms with E-state index in [0.29, 0.717) is 11.5 Å². The lowest BCUT2D eigenvalue weighted by atomic mass is 9.95. The molecular formula is C11H13Br2NO2S. The zero-order chi connectivity index (χ0) is 12.5. The molecule has 0 aromatic carbocycles. The molecule has 1 N–H and O–H groups in total. The lowest BCUT2D eigenvalue weighted by molar-refractivity contribution is 0.0274. The Balaban J connectivity index is 2.05. The first-order valence-electron chi connectivity index (χ1n) is 5.35. The maximum atomic E-state index is 12.1. The Morgan fingerprint density at radius 2 is 2.35 bits per heavy atom. The van der Waals surface area contributed by atoms with Gasteiger partial charge >= 0.3 is 0 Å². The smallest absolute Gasteiger partial charge is 0.261 e. The van der Waals surface area contributed by atoms with Gasteiger partial charge in [-0.1, -0.05) is 0 Å². The third-order valence-electron chi connectivity index (χ3n) is 2.72. The third-order valence-corrected chi connectivity index (χ3v) is 5.98. The molecule has 1 saturated heterocycles. The van der Waals surface area contributed by atoms with Gasteiger partial charge in [0.25, 0.3) is 5.91 Å². The van der Waals surface area contributed by atoms with Crippen molar-refractivity contribution in [1.29, 1.82) is 0 Å². The molecule has 1 aliphatic heterocycles. The van der Waals surface area contributed by atoms with Crippen LogP contribution in [0.2, 0.25) is 0 Å². The molecule has 1 unspecified atom stereocenters. The quantitative estimate of drug-likeness (QED) is 0.848. The van der Waals surface area contributed by atoms with Gasteiger partial charge in [0.15, 0.2) is 0 Å². The Morgan fingerprint density at radius 1 is 1.59 bits per heavy atom. The first kappa shape index (κ1) is 13.5. The summed E-state index contributed by atoms with van der Waals surface area (Å²) in [5.41, 5.74) is -0.238. The number of carbonyl (C=O) groups excluding carboxylic acids is 1. The van der Waals surface area contributed by atoms with Crippen LogP contribution in [0.4, 0.5) is 0 Å². The third kappa shape index (κ3) is 3.30. The number of hydrogen-bond donors (Lipinski definition) is 1. The first-order chi connectivity index (χ1) is 8.00. The van der Waals surface area contributed by atoms with E-state index in [2.05, 4.69) is 37.2 Å². The summed E-state index contributed by atoms with van der Waals surface area (Å²) in [5, 5.41) is 3.06. The number of carbonyl (C=O) groups is 1. The highest BCUT2D eigenvalue weighted by atomic mass is 79.9. The number of ether oxygens (including phenoxy) is 1. The molecular weight excluding hydrogens is 370 g/mol. The SMILES string of the molecule is CC1(NC(=O)c2cc(Br)c(Br)s2)CCCOC1. The second-order valence-corrected chi connectivity index (χ2v) is 7.63. The van der Waals surface area contributed by atoms with Gasteiger partial charge in [0.2, 0.25) is 0 Å². The van der Waals surface area contributed by atoms with E-state index in [1.165, 1.54) is 11.3 Å². The van der Waals surface area contributed by atoms with Crippen molar-refractivity contribution in [2.24, 2.45) is 0 Å². The van der Waals surface area contributed by atoms with Crippen molar-refractivity contribution in [2.75, 3.05) is 13.2 Å². The summed E-state index contributed by atoms with van der Waals surface area (Å²) >= 11 is 8.20. The molecule has 3 nitrogen and oxygen atoms in total. The van der Waals surface area contributed by atoms with Crippen LogP contribution in [0.1, 0.15) is 29.4 Å². The number of hydrogen-bond acceptors (Lipinski definition) is 3. The Kier molecular flexibility index (Phi) is 4.28. The molecule has 1 aromatic rings. The van der Waals surface area contributed by atoms with Gasteiger partial charge < -0.3 is 10.1 Å². The Labute approximate surface area is 121 Å². The second-order valence-electron chi connectivity index (χ2n) is 4.40. The molecule has 0 aliphatic carbocycles. The fraction of sp³-hybridized carbons (Fsp3) is 0.545. The highest BCUT2D eigenvalue weighted by Gasteiger charge is 2.30. The summed E-state index contributed by atoms with van der Waals surface area (Å²) in [7, 11) is 0. The van der Waals surface area contributed by atoms with Crippen LogP contribution in [-0.4, -0.2) is 24.7 Å². The largest absolute Gasteiger partial charge is 0.379 e. The highest BCUT2D eigenvalue weighted by Crippen LogP contribution is 2.32. The average molecular weight is 383 g/mol. The molecule has 6 heteroatoms. The lowest BCUT2D eigenvalue weighted by Crippen LogP contribution is -2.51. The Morgan fingerprint density at radius 3 is 2.88 bits per heavy atom. The monoisotopic (exact) mass is 381 g/mol. The molecule has 94 valence electrons. The van der Waals surface area contributed by atoms with E-state index in [1.807, 2.05) is 13.0 Å². The van der Waals surface area contributed by atoms with Gasteiger partial charge in [0.05, 0.1) is 20.8 Å². The van der Waals surface area contributed by atoms with Crippen molar-refractivity contribution in [3.05, 3.63) is 19.2 Å². The van der Waals surface area contributed by atoms with E-state index in [4.69, 9.17) is 4.74 Å². The van der Waals surface area contributed by atoms with Crippen molar-refractivity contribution in [3.63, 3.8) is 0 Å². The summed E-state index contributed by atoms with van der Waals surface area (Å²) < 4.78 is 7.27. The molecule has 0 radical (unpaired) electrons. The number of thiophene rings is 1. The second kappa shape index (κ2) is 5.38. The zero-order valence-electron chi connectivity index (χ0n) is 9.39. The van der Waals surface area contributed by atoms with Crippen LogP contribution in [0.15, 0.2) is 14.3 Å². The molecule has 2 heterocycles. The molecule has 0 saturated carbocycles. The summed E-state index contributed by atoms with van der Waals surface area (Å²) in [6.07, 6.45) is 1.96. The zero-order valence-corrected chi connectivity index (χ0v) is 13.4. The molecule has 1 aromatic heterocycles. The van der Waals surface area contributed by atoms with Gasteiger partial charge in [-0.15, -0.1) is 11.3 Å². The van der Waals surface area contributed by atoms with Crippen LogP contribution in [0.5, 0.6) is 0 Å². The van der Waals surface area contributed by atoms with E-state index in [-0.39, 0.29) is 11.4 Å². The molecule has 1 fully saturated rings. The average Bonchev–Trinajstić information content (AvgIpc) is 2.60. The predicted molar refractivity (Wildman–Crippen MR) is 75.6 cm³/mol. The van der Waals surface area contributed by atoms with Crippen LogP contribution < -0.4 is 5.32 Å². The minimum absolute atomic E-state index is 0.0330. The number of halogens is 2. The predicted octanol–water partition coefficient (Wildman–Crippen LogP) is 3.57. The van der Waals surface area contributed by atoms with Crippen molar-refractivity contribution in [1.82, 2.24) is 5.32 Å². The molecule has 17 heavy (non-hydrogen) atoms. The lowest BCUT2D eigenvalue weighted by Gasteiger charge is -2.34. The van der Waals surface area contributed by atoms with Gasteiger partial charge in [-0.2, -0.15) is 0 Å². The van der Waals surface area contributed by atoms with Crippen LogP contribution >= 0.6 is 43.2 Å². The van der Waals surface area contributed by atoms with Crippen LogP contribution in [0, 0.1) is 0 Å². The van der Waals surface area contributed by atoms with Crippen molar-refractivity contribution >= 4 is 49.1 Å². The summed E-state index contributed by atoms with van der Waals surface area (Å²) in [6, 6.07) is 1.83. The minimum Gasteiger partial charge on any atom is -0.379 e. The van der Waals surface area contributed by atoms with Gasteiger partial charge in [-0.3, -0.25) is 4.79 Å². The minimum atomic E-state index is -0.238. The fourth-order valence-electron chi connectivity index (χ4n) is 1.83. The van der Waals surface area contributed by atoms with Crippen molar-refractivity contribution in [2.45, 2.75) is 25.3 Å². The van der Waals surface area contributed by atoms with Gasteiger partial charge in [0.1, 0.15) is 0 Å². The number of rotatable bonds is 2.